The Bertz CT molecular complexity index is 1230. The van der Waals surface area contributed by atoms with Crippen LogP contribution in [0.2, 0.25) is 0 Å². The topological polar surface area (TPSA) is 82.8 Å². The van der Waals surface area contributed by atoms with Gasteiger partial charge in [-0.15, -0.1) is 0 Å². The fraction of sp³-hybridized carbons (Fsp3) is 0.0870. The van der Waals surface area contributed by atoms with Gasteiger partial charge in [-0.25, -0.2) is 9.80 Å². The molecule has 1 aliphatic rings. The van der Waals surface area contributed by atoms with Gasteiger partial charge in [-0.2, -0.15) is 0 Å². The molecule has 3 aromatic rings. The summed E-state index contributed by atoms with van der Waals surface area (Å²) >= 11 is 6.44. The number of carboxylic acid groups (broad SMARTS) is 1. The molecule has 0 unspecified atom stereocenters. The molecule has 2 N–H and O–H groups in total. The van der Waals surface area contributed by atoms with E-state index in [0.717, 1.165) is 34.2 Å². The summed E-state index contributed by atoms with van der Waals surface area (Å²) in [5.41, 5.74) is 6.39. The zero-order chi connectivity index (χ0) is 22.1. The highest BCUT2D eigenvalue weighted by Crippen LogP contribution is 2.35. The lowest BCUT2D eigenvalue weighted by Gasteiger charge is -2.18. The van der Waals surface area contributed by atoms with Crippen molar-refractivity contribution < 1.29 is 19.1 Å². The molecule has 1 saturated heterocycles. The quantitative estimate of drug-likeness (QED) is 0.393. The van der Waals surface area contributed by atoms with Gasteiger partial charge in [0.1, 0.15) is 11.5 Å². The number of aryl methyl sites for hydroxylation is 2. The van der Waals surface area contributed by atoms with Crippen LogP contribution in [0.15, 0.2) is 63.9 Å². The fourth-order valence-electron chi connectivity index (χ4n) is 3.35. The van der Waals surface area contributed by atoms with Crippen LogP contribution >= 0.6 is 24.0 Å². The number of nitrogens with one attached hydrogen (secondary N) is 1. The van der Waals surface area contributed by atoms with Crippen LogP contribution in [0.5, 0.6) is 0 Å². The van der Waals surface area contributed by atoms with Crippen molar-refractivity contribution in [1.82, 2.24) is 5.01 Å². The number of hydrogen-bond donors (Lipinski definition) is 2. The summed E-state index contributed by atoms with van der Waals surface area (Å²) in [6.07, 6.45) is 1.64. The number of hydrogen-bond acceptors (Lipinski definition) is 6. The molecule has 156 valence electrons. The average molecular weight is 451 g/mol. The van der Waals surface area contributed by atoms with Gasteiger partial charge < -0.3 is 9.52 Å². The fourth-order valence-corrected chi connectivity index (χ4v) is 4.51. The average Bonchev–Trinajstić information content (AvgIpc) is 3.28. The highest BCUT2D eigenvalue weighted by molar-refractivity contribution is 8.26. The standard InChI is InChI=1S/C23H18N2O4S2/c1-13-6-5-7-14(2)20(13)18-11-10-15(29-18)12-19-21(26)25(23(30)31-19)24-17-9-4-3-8-16(17)22(27)28/h3-12,24H,1-2H3,(H,27,28)/b19-12+. The number of thioether (sulfide) groups is 1. The zero-order valence-electron chi connectivity index (χ0n) is 16.7. The van der Waals surface area contributed by atoms with Crippen molar-refractivity contribution in [2.45, 2.75) is 13.8 Å². The van der Waals surface area contributed by atoms with Crippen molar-refractivity contribution in [3.63, 3.8) is 0 Å². The minimum Gasteiger partial charge on any atom is -0.478 e. The van der Waals surface area contributed by atoms with E-state index in [9.17, 15) is 14.7 Å². The van der Waals surface area contributed by atoms with Crippen molar-refractivity contribution in [2.24, 2.45) is 0 Å². The predicted molar refractivity (Wildman–Crippen MR) is 126 cm³/mol. The number of hydrazine groups is 1. The first-order chi connectivity index (χ1) is 14.8. The second-order valence-electron chi connectivity index (χ2n) is 6.95. The van der Waals surface area contributed by atoms with Crippen LogP contribution in [0.3, 0.4) is 0 Å². The van der Waals surface area contributed by atoms with Gasteiger partial charge in [0.05, 0.1) is 16.2 Å². The van der Waals surface area contributed by atoms with E-state index in [1.165, 1.54) is 11.1 Å². The SMILES string of the molecule is Cc1cccc(C)c1-c1ccc(/C=C2/SC(=S)N(Nc3ccccc3C(=O)O)C2=O)o1. The second-order valence-corrected chi connectivity index (χ2v) is 8.62. The molecule has 0 bridgehead atoms. The molecule has 4 rings (SSSR count). The monoisotopic (exact) mass is 450 g/mol. The van der Waals surface area contributed by atoms with Gasteiger partial charge in [0.25, 0.3) is 5.91 Å². The molecule has 1 aliphatic heterocycles. The number of carbonyl (C=O) groups excluding carboxylic acids is 1. The molecule has 0 radical (unpaired) electrons. The number of nitrogens with zero attached hydrogens (tertiary/aromatic N) is 1. The molecule has 1 fully saturated rings. The Morgan fingerprint density at radius 1 is 1.10 bits per heavy atom. The number of carboxylic acids is 1. The highest BCUT2D eigenvalue weighted by Gasteiger charge is 2.33. The van der Waals surface area contributed by atoms with Crippen molar-refractivity contribution in [2.75, 3.05) is 5.43 Å². The lowest BCUT2D eigenvalue weighted by Crippen LogP contribution is -2.34. The zero-order valence-corrected chi connectivity index (χ0v) is 18.3. The number of anilines is 1. The molecular formula is C23H18N2O4S2. The third-order valence-electron chi connectivity index (χ3n) is 4.81. The largest absolute Gasteiger partial charge is 0.478 e. The lowest BCUT2D eigenvalue weighted by atomic mass is 10.0. The van der Waals surface area contributed by atoms with E-state index in [0.29, 0.717) is 10.7 Å². The Labute approximate surface area is 188 Å². The van der Waals surface area contributed by atoms with Crippen LogP contribution in [-0.2, 0) is 4.79 Å². The number of aromatic carboxylic acids is 1. The van der Waals surface area contributed by atoms with Crippen LogP contribution in [0.25, 0.3) is 17.4 Å². The van der Waals surface area contributed by atoms with Gasteiger partial charge in [0, 0.05) is 11.6 Å². The third-order valence-corrected chi connectivity index (χ3v) is 6.11. The molecule has 1 amide bonds. The maximum atomic E-state index is 12.9. The summed E-state index contributed by atoms with van der Waals surface area (Å²) in [4.78, 5) is 24.7. The van der Waals surface area contributed by atoms with Crippen LogP contribution in [-0.4, -0.2) is 26.3 Å². The van der Waals surface area contributed by atoms with Gasteiger partial charge in [0.15, 0.2) is 4.32 Å². The van der Waals surface area contributed by atoms with Gasteiger partial charge in [-0.3, -0.25) is 10.2 Å². The highest BCUT2D eigenvalue weighted by atomic mass is 32.2. The Morgan fingerprint density at radius 3 is 2.52 bits per heavy atom. The van der Waals surface area contributed by atoms with Gasteiger partial charge in [-0.1, -0.05) is 42.1 Å². The van der Waals surface area contributed by atoms with E-state index in [4.69, 9.17) is 16.6 Å². The number of furan rings is 1. The molecule has 1 aromatic heterocycles. The summed E-state index contributed by atoms with van der Waals surface area (Å²) in [7, 11) is 0. The van der Waals surface area contributed by atoms with Gasteiger partial charge in [-0.05, 0) is 61.5 Å². The Kier molecular flexibility index (Phi) is 5.67. The van der Waals surface area contributed by atoms with E-state index in [1.54, 1.807) is 30.3 Å². The van der Waals surface area contributed by atoms with Crippen molar-refractivity contribution in [3.05, 3.63) is 82.0 Å². The van der Waals surface area contributed by atoms with Crippen molar-refractivity contribution in [1.29, 1.82) is 0 Å². The first kappa shape index (κ1) is 20.9. The Balaban J connectivity index is 1.59. The number of rotatable bonds is 5. The third kappa shape index (κ3) is 4.12. The number of para-hydroxylation sites is 1. The van der Waals surface area contributed by atoms with Crippen molar-refractivity contribution in [3.8, 4) is 11.3 Å². The number of thiocarbonyl (C=S) groups is 1. The molecule has 31 heavy (non-hydrogen) atoms. The molecule has 6 nitrogen and oxygen atoms in total. The summed E-state index contributed by atoms with van der Waals surface area (Å²) in [6.45, 7) is 4.05. The van der Waals surface area contributed by atoms with Crippen LogP contribution in [0, 0.1) is 13.8 Å². The molecule has 0 spiro atoms. The first-order valence-electron chi connectivity index (χ1n) is 9.38. The lowest BCUT2D eigenvalue weighted by molar-refractivity contribution is -0.121. The van der Waals surface area contributed by atoms with Crippen LogP contribution < -0.4 is 5.43 Å². The molecule has 0 saturated carbocycles. The summed E-state index contributed by atoms with van der Waals surface area (Å²) in [6, 6.07) is 16.1. The molecule has 0 atom stereocenters. The maximum absolute atomic E-state index is 12.9. The smallest absolute Gasteiger partial charge is 0.337 e. The predicted octanol–water partition coefficient (Wildman–Crippen LogP) is 5.49. The minimum absolute atomic E-state index is 0.0461. The molecule has 8 heteroatoms. The normalized spacial score (nSPS) is 15.0. The van der Waals surface area contributed by atoms with Crippen LogP contribution in [0.4, 0.5) is 5.69 Å². The molecular weight excluding hydrogens is 432 g/mol. The van der Waals surface area contributed by atoms with Gasteiger partial charge >= 0.3 is 5.97 Å². The first-order valence-corrected chi connectivity index (χ1v) is 10.6. The second kappa shape index (κ2) is 8.41. The van der Waals surface area contributed by atoms with Crippen molar-refractivity contribution >= 4 is 51.9 Å². The maximum Gasteiger partial charge on any atom is 0.337 e. The minimum atomic E-state index is -1.10. The van der Waals surface area contributed by atoms with E-state index >= 15 is 0 Å². The number of benzene rings is 2. The van der Waals surface area contributed by atoms with E-state index < -0.39 is 5.97 Å². The summed E-state index contributed by atoms with van der Waals surface area (Å²) in [5, 5.41) is 10.5. The summed E-state index contributed by atoms with van der Waals surface area (Å²) < 4.78 is 6.26. The molecule has 2 heterocycles. The van der Waals surface area contributed by atoms with Gasteiger partial charge in [0.2, 0.25) is 0 Å². The number of carbonyl (C=O) groups is 2. The Morgan fingerprint density at radius 2 is 1.81 bits per heavy atom. The molecule has 0 aliphatic carbocycles. The van der Waals surface area contributed by atoms with E-state index in [2.05, 4.69) is 5.43 Å². The van der Waals surface area contributed by atoms with E-state index in [1.807, 2.05) is 38.1 Å². The Hall–Kier alpha value is -3.36. The number of amides is 1. The van der Waals surface area contributed by atoms with Crippen LogP contribution in [0.1, 0.15) is 27.2 Å². The van der Waals surface area contributed by atoms with E-state index in [-0.39, 0.29) is 21.5 Å². The molecule has 2 aromatic carbocycles. The summed E-state index contributed by atoms with van der Waals surface area (Å²) in [5.74, 6) is -0.214.